The Balaban J connectivity index is 2.36. The van der Waals surface area contributed by atoms with Crippen molar-refractivity contribution in [2.45, 2.75) is 11.5 Å². The summed E-state index contributed by atoms with van der Waals surface area (Å²) in [5.74, 6) is -1.87. The second-order valence-corrected chi connectivity index (χ2v) is 6.39. The van der Waals surface area contributed by atoms with Gasteiger partial charge in [0, 0.05) is 11.8 Å². The molecule has 0 saturated carbocycles. The van der Waals surface area contributed by atoms with E-state index in [1.54, 1.807) is 12.1 Å². The number of furan rings is 1. The first kappa shape index (κ1) is 15.5. The number of carboxylic acids is 1. The van der Waals surface area contributed by atoms with E-state index in [-0.39, 0.29) is 21.9 Å². The number of halogens is 1. The molecule has 9 heteroatoms. The number of sulfonamides is 1. The highest BCUT2D eigenvalue weighted by molar-refractivity contribution is 9.10. The van der Waals surface area contributed by atoms with E-state index < -0.39 is 21.8 Å². The maximum Gasteiger partial charge on any atom is 0.371 e. The molecule has 0 radical (unpaired) electrons. The molecule has 0 atom stereocenters. The summed E-state index contributed by atoms with van der Waals surface area (Å²) >= 11 is 2.87. The van der Waals surface area contributed by atoms with Gasteiger partial charge in [-0.2, -0.15) is 0 Å². The van der Waals surface area contributed by atoms with Gasteiger partial charge in [-0.05, 0) is 33.6 Å². The van der Waals surface area contributed by atoms with Crippen LogP contribution in [0.5, 0.6) is 0 Å². The number of nitrogens with one attached hydrogen (secondary N) is 1. The lowest BCUT2D eigenvalue weighted by Gasteiger charge is -2.07. The number of aliphatic hydroxyl groups is 1. The predicted octanol–water partition coefficient (Wildman–Crippen LogP) is 2.03. The van der Waals surface area contributed by atoms with Crippen molar-refractivity contribution >= 4 is 37.6 Å². The summed E-state index contributed by atoms with van der Waals surface area (Å²) in [5, 5.41) is 17.8. The highest BCUT2D eigenvalue weighted by atomic mass is 79.9. The molecule has 0 amide bonds. The molecule has 0 bridgehead atoms. The van der Waals surface area contributed by atoms with Crippen molar-refractivity contribution in [2.75, 3.05) is 4.72 Å². The lowest BCUT2D eigenvalue weighted by molar-refractivity contribution is 0.0661. The normalized spacial score (nSPS) is 11.3. The third-order valence-corrected chi connectivity index (χ3v) is 4.76. The summed E-state index contributed by atoms with van der Waals surface area (Å²) < 4.78 is 31.3. The van der Waals surface area contributed by atoms with Crippen molar-refractivity contribution in [1.82, 2.24) is 0 Å². The summed E-state index contributed by atoms with van der Waals surface area (Å²) in [6.07, 6.45) is 0. The molecule has 1 heterocycles. The topological polar surface area (TPSA) is 117 Å². The zero-order valence-electron chi connectivity index (χ0n) is 10.4. The summed E-state index contributed by atoms with van der Waals surface area (Å²) in [6.45, 7) is -0.228. The SMILES string of the molecule is O=C(O)c1cc(S(=O)(=O)Nc2cccc(CO)c2)c(Br)o1. The Bertz CT molecular complexity index is 783. The number of carbonyl (C=O) groups is 1. The molecule has 0 saturated heterocycles. The molecule has 21 heavy (non-hydrogen) atoms. The van der Waals surface area contributed by atoms with Crippen molar-refractivity contribution in [1.29, 1.82) is 0 Å². The minimum Gasteiger partial charge on any atom is -0.475 e. The van der Waals surface area contributed by atoms with Gasteiger partial charge < -0.3 is 14.6 Å². The molecule has 7 nitrogen and oxygen atoms in total. The van der Waals surface area contributed by atoms with Crippen LogP contribution >= 0.6 is 15.9 Å². The fourth-order valence-corrected chi connectivity index (χ4v) is 3.57. The number of hydrogen-bond donors (Lipinski definition) is 3. The van der Waals surface area contributed by atoms with E-state index in [0.717, 1.165) is 6.07 Å². The average Bonchev–Trinajstić information content (AvgIpc) is 2.81. The Morgan fingerprint density at radius 1 is 1.33 bits per heavy atom. The second kappa shape index (κ2) is 5.88. The van der Waals surface area contributed by atoms with Crippen molar-refractivity contribution in [3.63, 3.8) is 0 Å². The Morgan fingerprint density at radius 2 is 2.05 bits per heavy atom. The van der Waals surface area contributed by atoms with Crippen LogP contribution in [0.4, 0.5) is 5.69 Å². The molecule has 2 rings (SSSR count). The first-order chi connectivity index (χ1) is 9.83. The van der Waals surface area contributed by atoms with Gasteiger partial charge in [-0.25, -0.2) is 13.2 Å². The number of carboxylic acid groups (broad SMARTS) is 1. The highest BCUT2D eigenvalue weighted by Crippen LogP contribution is 2.28. The molecule has 1 aromatic heterocycles. The molecule has 3 N–H and O–H groups in total. The van der Waals surface area contributed by atoms with Crippen LogP contribution in [0.3, 0.4) is 0 Å². The lowest BCUT2D eigenvalue weighted by Crippen LogP contribution is -2.13. The van der Waals surface area contributed by atoms with Crippen LogP contribution in [-0.4, -0.2) is 24.6 Å². The van der Waals surface area contributed by atoms with Gasteiger partial charge in [0.05, 0.1) is 6.61 Å². The monoisotopic (exact) mass is 375 g/mol. The zero-order chi connectivity index (χ0) is 15.6. The molecule has 0 aliphatic carbocycles. The fraction of sp³-hybridized carbons (Fsp3) is 0.0833. The number of aliphatic hydroxyl groups excluding tert-OH is 1. The number of aromatic carboxylic acids is 1. The highest BCUT2D eigenvalue weighted by Gasteiger charge is 2.25. The number of rotatable bonds is 5. The Labute approximate surface area is 128 Å². The van der Waals surface area contributed by atoms with Gasteiger partial charge in [0.15, 0.2) is 4.67 Å². The van der Waals surface area contributed by atoms with Gasteiger partial charge in [0.25, 0.3) is 10.0 Å². The first-order valence-corrected chi connectivity index (χ1v) is 7.86. The van der Waals surface area contributed by atoms with Gasteiger partial charge >= 0.3 is 5.97 Å². The largest absolute Gasteiger partial charge is 0.475 e. The van der Waals surface area contributed by atoms with Crippen molar-refractivity contribution in [2.24, 2.45) is 0 Å². The fourth-order valence-electron chi connectivity index (χ4n) is 1.58. The number of anilines is 1. The summed E-state index contributed by atoms with van der Waals surface area (Å²) in [5.41, 5.74) is 0.777. The van der Waals surface area contributed by atoms with Crippen LogP contribution < -0.4 is 4.72 Å². The molecule has 0 aliphatic rings. The van der Waals surface area contributed by atoms with E-state index in [1.165, 1.54) is 12.1 Å². The van der Waals surface area contributed by atoms with E-state index in [2.05, 4.69) is 20.7 Å². The molecule has 0 spiro atoms. The number of benzene rings is 1. The molecule has 0 unspecified atom stereocenters. The summed E-state index contributed by atoms with van der Waals surface area (Å²) in [7, 11) is -4.02. The molecular weight excluding hydrogens is 366 g/mol. The van der Waals surface area contributed by atoms with Crippen molar-refractivity contribution in [3.8, 4) is 0 Å². The summed E-state index contributed by atoms with van der Waals surface area (Å²) in [6, 6.07) is 7.09. The van der Waals surface area contributed by atoms with Gasteiger partial charge in [-0.15, -0.1) is 0 Å². The molecule has 112 valence electrons. The minimum absolute atomic E-state index is 0.203. The molecular formula is C12H10BrNO6S. The van der Waals surface area contributed by atoms with Crippen LogP contribution in [0, 0.1) is 0 Å². The third-order valence-electron chi connectivity index (χ3n) is 2.52. The number of hydrogen-bond acceptors (Lipinski definition) is 5. The quantitative estimate of drug-likeness (QED) is 0.735. The third kappa shape index (κ3) is 3.43. The van der Waals surface area contributed by atoms with Crippen LogP contribution in [0.2, 0.25) is 0 Å². The van der Waals surface area contributed by atoms with Crippen LogP contribution in [0.25, 0.3) is 0 Å². The Hall–Kier alpha value is -1.84. The van der Waals surface area contributed by atoms with E-state index in [4.69, 9.17) is 14.6 Å². The van der Waals surface area contributed by atoms with E-state index in [9.17, 15) is 13.2 Å². The predicted molar refractivity (Wildman–Crippen MR) is 76.5 cm³/mol. The molecule has 0 aliphatic heterocycles. The Kier molecular flexibility index (Phi) is 4.35. The van der Waals surface area contributed by atoms with E-state index >= 15 is 0 Å². The van der Waals surface area contributed by atoms with Crippen molar-refractivity contribution in [3.05, 3.63) is 46.3 Å². The van der Waals surface area contributed by atoms with E-state index in [1.807, 2.05) is 0 Å². The molecule has 0 fully saturated rings. The van der Waals surface area contributed by atoms with Crippen molar-refractivity contribution < 1.29 is 27.8 Å². The molecule has 1 aromatic carbocycles. The Morgan fingerprint density at radius 3 is 2.62 bits per heavy atom. The minimum atomic E-state index is -4.02. The standard InChI is InChI=1S/C12H10BrNO6S/c13-11-10(5-9(20-11)12(16)17)21(18,19)14-8-3-1-2-7(4-8)6-15/h1-5,14-15H,6H2,(H,16,17). The first-order valence-electron chi connectivity index (χ1n) is 5.59. The maximum absolute atomic E-state index is 12.2. The van der Waals surface area contributed by atoms with Gasteiger partial charge in [0.2, 0.25) is 5.76 Å². The molecule has 2 aromatic rings. The summed E-state index contributed by atoms with van der Waals surface area (Å²) in [4.78, 5) is 10.5. The zero-order valence-corrected chi connectivity index (χ0v) is 12.8. The van der Waals surface area contributed by atoms with E-state index in [0.29, 0.717) is 5.56 Å². The van der Waals surface area contributed by atoms with Gasteiger partial charge in [0.1, 0.15) is 4.90 Å². The smallest absolute Gasteiger partial charge is 0.371 e. The maximum atomic E-state index is 12.2. The van der Waals surface area contributed by atoms with Crippen LogP contribution in [0.1, 0.15) is 16.1 Å². The second-order valence-electron chi connectivity index (χ2n) is 4.02. The van der Waals surface area contributed by atoms with Gasteiger partial charge in [-0.3, -0.25) is 4.72 Å². The average molecular weight is 376 g/mol. The van der Waals surface area contributed by atoms with Crippen LogP contribution in [0.15, 0.2) is 44.3 Å². The van der Waals surface area contributed by atoms with Gasteiger partial charge in [-0.1, -0.05) is 12.1 Å². The lowest BCUT2D eigenvalue weighted by atomic mass is 10.2. The van der Waals surface area contributed by atoms with Crippen LogP contribution in [-0.2, 0) is 16.6 Å².